The zero-order valence-electron chi connectivity index (χ0n) is 17.1. The molecule has 1 aliphatic heterocycles. The first kappa shape index (κ1) is 19.5. The number of hydrogen-bond donors (Lipinski definition) is 2. The van der Waals surface area contributed by atoms with Crippen molar-refractivity contribution in [2.45, 2.75) is 38.1 Å². The van der Waals surface area contributed by atoms with Crippen LogP contribution in [0.25, 0.3) is 10.2 Å². The Hall–Kier alpha value is -3.41. The number of nitriles is 1. The van der Waals surface area contributed by atoms with E-state index in [9.17, 15) is 10.4 Å². The lowest BCUT2D eigenvalue weighted by molar-refractivity contribution is -0.0590. The van der Waals surface area contributed by atoms with Crippen LogP contribution in [-0.2, 0) is 6.54 Å². The van der Waals surface area contributed by atoms with E-state index in [0.29, 0.717) is 17.9 Å². The number of para-hydroxylation sites is 1. The SMILES string of the molecule is CC1(C)Oc2ccc(C#N)cc2C(N(Cc2ncc[nH]2)c2nc3ccccc3s2)[C@H]1O. The molecule has 1 unspecified atom stereocenters. The lowest BCUT2D eigenvalue weighted by Crippen LogP contribution is -2.53. The number of rotatable bonds is 4. The predicted octanol–water partition coefficient (Wildman–Crippen LogP) is 4.17. The van der Waals surface area contributed by atoms with Crippen LogP contribution in [0.2, 0.25) is 0 Å². The predicted molar refractivity (Wildman–Crippen MR) is 119 cm³/mol. The first-order chi connectivity index (χ1) is 15.0. The summed E-state index contributed by atoms with van der Waals surface area (Å²) in [5.74, 6) is 1.42. The van der Waals surface area contributed by atoms with Gasteiger partial charge in [0.2, 0.25) is 0 Å². The van der Waals surface area contributed by atoms with Gasteiger partial charge < -0.3 is 19.7 Å². The molecule has 2 aromatic carbocycles. The number of imidazole rings is 1. The molecule has 31 heavy (non-hydrogen) atoms. The number of benzene rings is 2. The maximum Gasteiger partial charge on any atom is 0.187 e. The van der Waals surface area contributed by atoms with Gasteiger partial charge in [0.15, 0.2) is 5.13 Å². The summed E-state index contributed by atoms with van der Waals surface area (Å²) in [6.07, 6.45) is 2.62. The van der Waals surface area contributed by atoms with E-state index in [4.69, 9.17) is 9.72 Å². The second-order valence-corrected chi connectivity index (χ2v) is 9.10. The Kier molecular flexibility index (Phi) is 4.65. The molecule has 156 valence electrons. The van der Waals surface area contributed by atoms with Gasteiger partial charge >= 0.3 is 0 Å². The average molecular weight is 432 g/mol. The van der Waals surface area contributed by atoms with Crippen LogP contribution in [-0.4, -0.2) is 31.8 Å². The topological polar surface area (TPSA) is 98.1 Å². The summed E-state index contributed by atoms with van der Waals surface area (Å²) in [5, 5.41) is 21.7. The molecule has 4 aromatic rings. The Morgan fingerprint density at radius 2 is 2.13 bits per heavy atom. The number of hydrogen-bond acceptors (Lipinski definition) is 7. The molecule has 3 heterocycles. The van der Waals surface area contributed by atoms with Crippen LogP contribution in [0, 0.1) is 11.3 Å². The number of H-pyrrole nitrogens is 1. The molecule has 0 spiro atoms. The van der Waals surface area contributed by atoms with Crippen molar-refractivity contribution >= 4 is 26.7 Å². The summed E-state index contributed by atoms with van der Waals surface area (Å²) in [5.41, 5.74) is 1.35. The van der Waals surface area contributed by atoms with E-state index in [2.05, 4.69) is 20.9 Å². The van der Waals surface area contributed by atoms with Crippen LogP contribution < -0.4 is 9.64 Å². The van der Waals surface area contributed by atoms with Gasteiger partial charge in [-0.05, 0) is 44.2 Å². The third-order valence-corrected chi connectivity index (χ3v) is 6.65. The van der Waals surface area contributed by atoms with Crippen LogP contribution in [0.15, 0.2) is 54.9 Å². The standard InChI is InChI=1S/C23H21N5O2S/c1-23(2)21(29)20(15-11-14(12-24)7-8-17(15)30-23)28(13-19-25-9-10-26-19)22-27-16-5-3-4-6-18(16)31-22/h3-11,20-21,29H,13H2,1-2H3,(H,25,26)/t20?,21-/m1/s1. The highest BCUT2D eigenvalue weighted by Crippen LogP contribution is 2.46. The minimum atomic E-state index is -0.865. The van der Waals surface area contributed by atoms with Gasteiger partial charge in [0.1, 0.15) is 23.3 Å². The van der Waals surface area contributed by atoms with Crippen molar-refractivity contribution in [3.05, 3.63) is 71.8 Å². The third-order valence-electron chi connectivity index (χ3n) is 5.58. The van der Waals surface area contributed by atoms with Crippen molar-refractivity contribution < 1.29 is 9.84 Å². The normalized spacial score (nSPS) is 19.4. The van der Waals surface area contributed by atoms with Crippen molar-refractivity contribution in [1.29, 1.82) is 5.26 Å². The Labute approximate surface area is 183 Å². The molecular formula is C23H21N5O2S. The summed E-state index contributed by atoms with van der Waals surface area (Å²) >= 11 is 1.56. The molecule has 0 saturated carbocycles. The molecule has 7 nitrogen and oxygen atoms in total. The van der Waals surface area contributed by atoms with Crippen LogP contribution in [0.5, 0.6) is 5.75 Å². The van der Waals surface area contributed by atoms with Gasteiger partial charge in [-0.3, -0.25) is 0 Å². The maximum atomic E-state index is 11.4. The number of aliphatic hydroxyl groups excluding tert-OH is 1. The number of aromatic nitrogens is 3. The van der Waals surface area contributed by atoms with Crippen LogP contribution in [0.3, 0.4) is 0 Å². The Morgan fingerprint density at radius 1 is 1.29 bits per heavy atom. The molecule has 5 rings (SSSR count). The molecular weight excluding hydrogens is 410 g/mol. The molecule has 0 amide bonds. The van der Waals surface area contributed by atoms with E-state index < -0.39 is 17.7 Å². The number of nitrogens with one attached hydrogen (secondary N) is 1. The Morgan fingerprint density at radius 3 is 2.87 bits per heavy atom. The van der Waals surface area contributed by atoms with Crippen molar-refractivity contribution in [3.63, 3.8) is 0 Å². The summed E-state index contributed by atoms with van der Waals surface area (Å²) in [4.78, 5) is 14.5. The molecule has 2 aromatic heterocycles. The maximum absolute atomic E-state index is 11.4. The number of nitrogens with zero attached hydrogens (tertiary/aromatic N) is 4. The van der Waals surface area contributed by atoms with E-state index >= 15 is 0 Å². The van der Waals surface area contributed by atoms with E-state index in [1.807, 2.05) is 38.1 Å². The minimum absolute atomic E-state index is 0.418. The second kappa shape index (κ2) is 7.38. The molecule has 2 N–H and O–H groups in total. The first-order valence-electron chi connectivity index (χ1n) is 9.98. The molecule has 0 fully saturated rings. The van der Waals surface area contributed by atoms with Crippen molar-refractivity contribution in [2.75, 3.05) is 4.90 Å². The fourth-order valence-corrected chi connectivity index (χ4v) is 4.99. The molecule has 0 radical (unpaired) electrons. The molecule has 0 bridgehead atoms. The highest BCUT2D eigenvalue weighted by Gasteiger charge is 2.46. The number of ether oxygens (including phenoxy) is 1. The van der Waals surface area contributed by atoms with E-state index in [0.717, 1.165) is 26.7 Å². The number of thiazole rings is 1. The van der Waals surface area contributed by atoms with E-state index in [-0.39, 0.29) is 0 Å². The van der Waals surface area contributed by atoms with Crippen LogP contribution in [0.4, 0.5) is 5.13 Å². The summed E-state index contributed by atoms with van der Waals surface area (Å²) < 4.78 is 7.18. The van der Waals surface area contributed by atoms with Gasteiger partial charge in [0.25, 0.3) is 0 Å². The van der Waals surface area contributed by atoms with Gasteiger partial charge in [0.05, 0.1) is 34.4 Å². The zero-order valence-corrected chi connectivity index (χ0v) is 17.9. The number of aromatic amines is 1. The molecule has 2 atom stereocenters. The number of fused-ring (bicyclic) bond motifs is 2. The van der Waals surface area contributed by atoms with Gasteiger partial charge in [-0.25, -0.2) is 9.97 Å². The monoisotopic (exact) mass is 431 g/mol. The zero-order chi connectivity index (χ0) is 21.6. The fraction of sp³-hybridized carbons (Fsp3) is 0.261. The van der Waals surface area contributed by atoms with Crippen molar-refractivity contribution in [2.24, 2.45) is 0 Å². The lowest BCUT2D eigenvalue weighted by atomic mass is 9.85. The third kappa shape index (κ3) is 3.42. The quantitative estimate of drug-likeness (QED) is 0.503. The second-order valence-electron chi connectivity index (χ2n) is 8.09. The largest absolute Gasteiger partial charge is 0.485 e. The molecule has 0 saturated heterocycles. The van der Waals surface area contributed by atoms with Crippen molar-refractivity contribution in [1.82, 2.24) is 15.0 Å². The first-order valence-corrected chi connectivity index (χ1v) is 10.8. The highest BCUT2D eigenvalue weighted by atomic mass is 32.1. The van der Waals surface area contributed by atoms with Gasteiger partial charge in [-0.2, -0.15) is 5.26 Å². The minimum Gasteiger partial charge on any atom is -0.485 e. The van der Waals surface area contributed by atoms with Gasteiger partial charge in [-0.1, -0.05) is 23.5 Å². The highest BCUT2D eigenvalue weighted by molar-refractivity contribution is 7.22. The Balaban J connectivity index is 1.70. The van der Waals surface area contributed by atoms with Crippen LogP contribution in [0.1, 0.15) is 36.8 Å². The fourth-order valence-electron chi connectivity index (χ4n) is 3.99. The van der Waals surface area contributed by atoms with Crippen molar-refractivity contribution in [3.8, 4) is 11.8 Å². The van der Waals surface area contributed by atoms with E-state index in [1.165, 1.54) is 0 Å². The lowest BCUT2D eigenvalue weighted by Gasteiger charge is -2.46. The number of anilines is 1. The summed E-state index contributed by atoms with van der Waals surface area (Å²) in [6, 6.07) is 15.0. The molecule has 8 heteroatoms. The summed E-state index contributed by atoms with van der Waals surface area (Å²) in [7, 11) is 0. The molecule has 0 aliphatic carbocycles. The van der Waals surface area contributed by atoms with Gasteiger partial charge in [-0.15, -0.1) is 0 Å². The smallest absolute Gasteiger partial charge is 0.187 e. The van der Waals surface area contributed by atoms with Gasteiger partial charge in [0, 0.05) is 18.0 Å². The average Bonchev–Trinajstić information content (AvgIpc) is 3.42. The number of aliphatic hydroxyl groups is 1. The molecule has 1 aliphatic rings. The van der Waals surface area contributed by atoms with Crippen LogP contribution >= 0.6 is 11.3 Å². The summed E-state index contributed by atoms with van der Waals surface area (Å²) in [6.45, 7) is 4.16. The Bertz CT molecular complexity index is 1240. The van der Waals surface area contributed by atoms with E-state index in [1.54, 1.807) is 41.9 Å².